The van der Waals surface area contributed by atoms with Crippen molar-refractivity contribution in [1.82, 2.24) is 30.4 Å². The number of nitrogens with zero attached hydrogens (tertiary/aromatic N) is 4. The summed E-state index contributed by atoms with van der Waals surface area (Å²) < 4.78 is 5.50. The number of aliphatic hydroxyl groups is 1. The van der Waals surface area contributed by atoms with Crippen LogP contribution in [0.15, 0.2) is 30.9 Å². The standard InChI is InChI=1S/C15H20N6O3/c22-14(13-7-16-3-4-17-13)18-9-15(23)10-21(5-6-24-11-15)8-12-1-2-19-20-12/h1-4,7,23H,5-6,8-11H2,(H,18,22)(H,19,20)/t15-/m1/s1. The number of carbonyl (C=O) groups excluding carboxylic acids is 1. The molecule has 1 fully saturated rings. The lowest BCUT2D eigenvalue weighted by atomic mass is 10.0. The highest BCUT2D eigenvalue weighted by atomic mass is 16.5. The lowest BCUT2D eigenvalue weighted by Gasteiger charge is -2.30. The molecular formula is C15H20N6O3. The van der Waals surface area contributed by atoms with Gasteiger partial charge in [0.1, 0.15) is 11.3 Å². The number of amides is 1. The van der Waals surface area contributed by atoms with Gasteiger partial charge in [-0.3, -0.25) is 19.8 Å². The molecule has 1 aliphatic heterocycles. The number of hydrogen-bond donors (Lipinski definition) is 3. The number of rotatable bonds is 5. The maximum Gasteiger partial charge on any atom is 0.271 e. The highest BCUT2D eigenvalue weighted by molar-refractivity contribution is 5.91. The highest BCUT2D eigenvalue weighted by Crippen LogP contribution is 2.14. The summed E-state index contributed by atoms with van der Waals surface area (Å²) in [6.07, 6.45) is 6.02. The Morgan fingerprint density at radius 1 is 1.46 bits per heavy atom. The average molecular weight is 332 g/mol. The lowest BCUT2D eigenvalue weighted by Crippen LogP contribution is -2.52. The van der Waals surface area contributed by atoms with Gasteiger partial charge in [0.15, 0.2) is 0 Å². The molecule has 0 unspecified atom stereocenters. The minimum absolute atomic E-state index is 0.0713. The molecule has 1 saturated heterocycles. The van der Waals surface area contributed by atoms with Gasteiger partial charge in [-0.05, 0) is 6.07 Å². The molecule has 1 aliphatic rings. The third kappa shape index (κ3) is 4.34. The fourth-order valence-corrected chi connectivity index (χ4v) is 2.60. The van der Waals surface area contributed by atoms with E-state index in [1.807, 2.05) is 6.07 Å². The number of aromatic nitrogens is 4. The second-order valence-electron chi connectivity index (χ2n) is 5.84. The van der Waals surface area contributed by atoms with Gasteiger partial charge in [-0.15, -0.1) is 0 Å². The van der Waals surface area contributed by atoms with Crippen LogP contribution in [0.25, 0.3) is 0 Å². The fourth-order valence-electron chi connectivity index (χ4n) is 2.60. The third-order valence-corrected chi connectivity index (χ3v) is 3.77. The zero-order chi connectivity index (χ0) is 16.8. The second-order valence-corrected chi connectivity index (χ2v) is 5.84. The molecule has 0 radical (unpaired) electrons. The van der Waals surface area contributed by atoms with Gasteiger partial charge in [0.25, 0.3) is 5.91 Å². The molecule has 128 valence electrons. The molecule has 24 heavy (non-hydrogen) atoms. The fraction of sp³-hybridized carbons (Fsp3) is 0.467. The maximum absolute atomic E-state index is 12.1. The van der Waals surface area contributed by atoms with E-state index in [1.165, 1.54) is 18.6 Å². The van der Waals surface area contributed by atoms with E-state index >= 15 is 0 Å². The van der Waals surface area contributed by atoms with E-state index in [-0.39, 0.29) is 24.8 Å². The Hall–Kier alpha value is -2.36. The van der Waals surface area contributed by atoms with Crippen LogP contribution in [0.4, 0.5) is 0 Å². The molecule has 9 nitrogen and oxygen atoms in total. The van der Waals surface area contributed by atoms with E-state index in [0.29, 0.717) is 26.2 Å². The quantitative estimate of drug-likeness (QED) is 0.656. The van der Waals surface area contributed by atoms with E-state index in [0.717, 1.165) is 5.69 Å². The van der Waals surface area contributed by atoms with Crippen LogP contribution >= 0.6 is 0 Å². The molecule has 3 rings (SSSR count). The molecule has 0 spiro atoms. The summed E-state index contributed by atoms with van der Waals surface area (Å²) in [5.74, 6) is -0.374. The van der Waals surface area contributed by atoms with Crippen LogP contribution in [0.5, 0.6) is 0 Å². The first kappa shape index (κ1) is 16.5. The third-order valence-electron chi connectivity index (χ3n) is 3.77. The van der Waals surface area contributed by atoms with Crippen LogP contribution in [0, 0.1) is 0 Å². The Kier molecular flexibility index (Phi) is 5.14. The lowest BCUT2D eigenvalue weighted by molar-refractivity contribution is -0.0346. The van der Waals surface area contributed by atoms with Crippen molar-refractivity contribution in [2.24, 2.45) is 0 Å². The molecule has 0 bridgehead atoms. The number of hydrogen-bond acceptors (Lipinski definition) is 7. The molecule has 2 aromatic heterocycles. The topological polar surface area (TPSA) is 116 Å². The zero-order valence-corrected chi connectivity index (χ0v) is 13.2. The molecule has 3 N–H and O–H groups in total. The minimum Gasteiger partial charge on any atom is -0.384 e. The molecule has 1 atom stereocenters. The van der Waals surface area contributed by atoms with Crippen LogP contribution < -0.4 is 5.32 Å². The van der Waals surface area contributed by atoms with Crippen molar-refractivity contribution < 1.29 is 14.6 Å². The van der Waals surface area contributed by atoms with Gasteiger partial charge >= 0.3 is 0 Å². The maximum atomic E-state index is 12.1. The predicted molar refractivity (Wildman–Crippen MR) is 84.0 cm³/mol. The smallest absolute Gasteiger partial charge is 0.271 e. The number of nitrogens with one attached hydrogen (secondary N) is 2. The summed E-state index contributed by atoms with van der Waals surface area (Å²) in [5.41, 5.74) is 0.00166. The van der Waals surface area contributed by atoms with Gasteiger partial charge in [-0.1, -0.05) is 0 Å². The number of β-amino-alcohol motifs (C(OH)–C–C–N with tert-alkyl or cyclic N) is 1. The van der Waals surface area contributed by atoms with Gasteiger partial charge in [0.05, 0.1) is 26.0 Å². The summed E-state index contributed by atoms with van der Waals surface area (Å²) in [4.78, 5) is 21.9. The number of aromatic amines is 1. The molecule has 1 amide bonds. The van der Waals surface area contributed by atoms with E-state index in [1.54, 1.807) is 6.20 Å². The Labute approximate surface area is 139 Å². The van der Waals surface area contributed by atoms with Gasteiger partial charge < -0.3 is 15.2 Å². The van der Waals surface area contributed by atoms with Crippen molar-refractivity contribution in [1.29, 1.82) is 0 Å². The average Bonchev–Trinajstić information content (AvgIpc) is 3.03. The van der Waals surface area contributed by atoms with Crippen LogP contribution in [0.1, 0.15) is 16.2 Å². The summed E-state index contributed by atoms with van der Waals surface area (Å²) >= 11 is 0. The van der Waals surface area contributed by atoms with E-state index in [2.05, 4.69) is 30.4 Å². The van der Waals surface area contributed by atoms with Crippen molar-refractivity contribution in [3.05, 3.63) is 42.2 Å². The molecule has 0 aromatic carbocycles. The Morgan fingerprint density at radius 3 is 3.12 bits per heavy atom. The second kappa shape index (κ2) is 7.47. The van der Waals surface area contributed by atoms with Gasteiger partial charge in [0, 0.05) is 43.9 Å². The van der Waals surface area contributed by atoms with Gasteiger partial charge in [-0.25, -0.2) is 4.98 Å². The van der Waals surface area contributed by atoms with Gasteiger partial charge in [-0.2, -0.15) is 5.10 Å². The molecule has 3 heterocycles. The van der Waals surface area contributed by atoms with Crippen LogP contribution in [0.2, 0.25) is 0 Å². The zero-order valence-electron chi connectivity index (χ0n) is 13.2. The number of H-pyrrole nitrogens is 1. The minimum atomic E-state index is -1.17. The van der Waals surface area contributed by atoms with Crippen molar-refractivity contribution in [2.45, 2.75) is 12.1 Å². The number of carbonyl (C=O) groups is 1. The van der Waals surface area contributed by atoms with Crippen molar-refractivity contribution in [2.75, 3.05) is 32.8 Å². The van der Waals surface area contributed by atoms with E-state index < -0.39 is 5.60 Å². The van der Waals surface area contributed by atoms with Crippen LogP contribution in [-0.2, 0) is 11.3 Å². The summed E-state index contributed by atoms with van der Waals surface area (Å²) in [6, 6.07) is 1.89. The summed E-state index contributed by atoms with van der Waals surface area (Å²) in [6.45, 7) is 2.46. The van der Waals surface area contributed by atoms with E-state index in [9.17, 15) is 9.90 Å². The largest absolute Gasteiger partial charge is 0.384 e. The first-order valence-electron chi connectivity index (χ1n) is 7.70. The van der Waals surface area contributed by atoms with Crippen molar-refractivity contribution >= 4 is 5.91 Å². The summed E-state index contributed by atoms with van der Waals surface area (Å²) in [7, 11) is 0. The first-order valence-corrected chi connectivity index (χ1v) is 7.70. The number of ether oxygens (including phenoxy) is 1. The van der Waals surface area contributed by atoms with Crippen LogP contribution in [0.3, 0.4) is 0 Å². The first-order chi connectivity index (χ1) is 11.6. The Balaban J connectivity index is 1.59. The van der Waals surface area contributed by atoms with E-state index in [4.69, 9.17) is 4.74 Å². The molecule has 2 aromatic rings. The SMILES string of the molecule is O=C(NC[C@]1(O)COCCN(Cc2ccn[nH]2)C1)c1cnccn1. The molecule has 9 heteroatoms. The van der Waals surface area contributed by atoms with Crippen molar-refractivity contribution in [3.63, 3.8) is 0 Å². The molecule has 0 saturated carbocycles. The highest BCUT2D eigenvalue weighted by Gasteiger charge is 2.33. The Bertz CT molecular complexity index is 650. The van der Waals surface area contributed by atoms with Gasteiger partial charge in [0.2, 0.25) is 0 Å². The monoisotopic (exact) mass is 332 g/mol. The molecular weight excluding hydrogens is 312 g/mol. The predicted octanol–water partition coefficient (Wildman–Crippen LogP) is -0.807. The van der Waals surface area contributed by atoms with Crippen LogP contribution in [-0.4, -0.2) is 74.5 Å². The summed E-state index contributed by atoms with van der Waals surface area (Å²) in [5, 5.41) is 20.3. The molecule has 0 aliphatic carbocycles. The van der Waals surface area contributed by atoms with Crippen molar-refractivity contribution in [3.8, 4) is 0 Å². The Morgan fingerprint density at radius 2 is 2.38 bits per heavy atom. The normalized spacial score (nSPS) is 22.0.